The number of likely N-dealkylation sites (tertiary alicyclic amines) is 1. The molecule has 0 aromatic heterocycles. The minimum Gasteiger partial charge on any atom is -0.388 e. The number of carbonyl (C=O) groups excluding carboxylic acids is 1. The SMILES string of the molecule is Cc1ccc(C(=O)N2CC[C@@]3(CCCO3)[C@@H](O)C2)cc1. The van der Waals surface area contributed by atoms with Crippen LogP contribution in [-0.2, 0) is 4.74 Å². The van der Waals surface area contributed by atoms with E-state index in [1.807, 2.05) is 31.2 Å². The first-order valence-corrected chi connectivity index (χ1v) is 7.29. The van der Waals surface area contributed by atoms with Crippen molar-refractivity contribution in [2.75, 3.05) is 19.7 Å². The van der Waals surface area contributed by atoms with E-state index in [4.69, 9.17) is 4.74 Å². The van der Waals surface area contributed by atoms with E-state index in [1.165, 1.54) is 0 Å². The normalized spacial score (nSPS) is 29.9. The van der Waals surface area contributed by atoms with Crippen molar-refractivity contribution in [1.29, 1.82) is 0 Å². The summed E-state index contributed by atoms with van der Waals surface area (Å²) in [5.41, 5.74) is 1.42. The smallest absolute Gasteiger partial charge is 0.253 e. The Hall–Kier alpha value is -1.39. The molecule has 0 bridgehead atoms. The molecule has 108 valence electrons. The molecule has 0 aliphatic carbocycles. The Bertz CT molecular complexity index is 491. The van der Waals surface area contributed by atoms with E-state index >= 15 is 0 Å². The van der Waals surface area contributed by atoms with Gasteiger partial charge in [-0.2, -0.15) is 0 Å². The summed E-state index contributed by atoms with van der Waals surface area (Å²) >= 11 is 0. The highest BCUT2D eigenvalue weighted by Gasteiger charge is 2.46. The van der Waals surface area contributed by atoms with Gasteiger partial charge < -0.3 is 14.7 Å². The molecule has 3 rings (SSSR count). The monoisotopic (exact) mass is 275 g/mol. The fraction of sp³-hybridized carbons (Fsp3) is 0.562. The van der Waals surface area contributed by atoms with Crippen LogP contribution in [0.4, 0.5) is 0 Å². The molecule has 4 nitrogen and oxygen atoms in total. The largest absolute Gasteiger partial charge is 0.388 e. The van der Waals surface area contributed by atoms with E-state index in [0.29, 0.717) is 18.7 Å². The van der Waals surface area contributed by atoms with Crippen LogP contribution < -0.4 is 0 Å². The number of amides is 1. The van der Waals surface area contributed by atoms with Crippen LogP contribution in [0.15, 0.2) is 24.3 Å². The minimum absolute atomic E-state index is 0.00287. The molecule has 2 aliphatic heterocycles. The summed E-state index contributed by atoms with van der Waals surface area (Å²) in [6.07, 6.45) is 2.06. The van der Waals surface area contributed by atoms with Gasteiger partial charge in [0.05, 0.1) is 5.60 Å². The molecule has 1 aromatic rings. The number of aliphatic hydroxyl groups is 1. The maximum atomic E-state index is 12.4. The third-order valence-electron chi connectivity index (χ3n) is 4.53. The van der Waals surface area contributed by atoms with Gasteiger partial charge in [0.25, 0.3) is 5.91 Å². The number of carbonyl (C=O) groups is 1. The summed E-state index contributed by atoms with van der Waals surface area (Å²) < 4.78 is 5.76. The van der Waals surface area contributed by atoms with Crippen LogP contribution in [0.1, 0.15) is 35.2 Å². The van der Waals surface area contributed by atoms with Crippen LogP contribution >= 0.6 is 0 Å². The number of ether oxygens (including phenoxy) is 1. The fourth-order valence-corrected chi connectivity index (χ4v) is 3.20. The number of hydrogen-bond acceptors (Lipinski definition) is 3. The average Bonchev–Trinajstić information content (AvgIpc) is 2.92. The molecule has 1 amide bonds. The summed E-state index contributed by atoms with van der Waals surface area (Å²) in [5.74, 6) is -0.00287. The number of piperidine rings is 1. The fourth-order valence-electron chi connectivity index (χ4n) is 3.20. The summed E-state index contributed by atoms with van der Waals surface area (Å²) in [5, 5.41) is 10.4. The van der Waals surface area contributed by atoms with Crippen LogP contribution in [0.5, 0.6) is 0 Å². The van der Waals surface area contributed by atoms with E-state index in [1.54, 1.807) is 4.90 Å². The van der Waals surface area contributed by atoms with Gasteiger partial charge in [0.2, 0.25) is 0 Å². The van der Waals surface area contributed by atoms with Gasteiger partial charge in [-0.3, -0.25) is 4.79 Å². The number of aryl methyl sites for hydroxylation is 1. The van der Waals surface area contributed by atoms with Crippen LogP contribution in [0.2, 0.25) is 0 Å². The summed E-state index contributed by atoms with van der Waals surface area (Å²) in [6.45, 7) is 3.75. The zero-order chi connectivity index (χ0) is 14.2. The highest BCUT2D eigenvalue weighted by atomic mass is 16.5. The molecule has 2 atom stereocenters. The molecule has 0 unspecified atom stereocenters. The van der Waals surface area contributed by atoms with Gasteiger partial charge in [0.15, 0.2) is 0 Å². The Morgan fingerprint density at radius 2 is 2.10 bits per heavy atom. The highest BCUT2D eigenvalue weighted by Crippen LogP contribution is 2.36. The van der Waals surface area contributed by atoms with Gasteiger partial charge in [-0.05, 0) is 38.3 Å². The standard InChI is InChI=1S/C16H21NO3/c1-12-3-5-13(6-4-12)15(19)17-9-8-16(14(18)11-17)7-2-10-20-16/h3-6,14,18H,2,7-11H2,1H3/t14-,16-/m0/s1. The van der Waals surface area contributed by atoms with Gasteiger partial charge in [0, 0.05) is 25.3 Å². The van der Waals surface area contributed by atoms with Gasteiger partial charge >= 0.3 is 0 Å². The Kier molecular flexibility index (Phi) is 3.52. The first-order valence-electron chi connectivity index (χ1n) is 7.29. The number of hydrogen-bond donors (Lipinski definition) is 1. The first kappa shape index (κ1) is 13.6. The van der Waals surface area contributed by atoms with Gasteiger partial charge in [-0.15, -0.1) is 0 Å². The lowest BCUT2D eigenvalue weighted by Crippen LogP contribution is -2.56. The van der Waals surface area contributed by atoms with Gasteiger partial charge in [-0.1, -0.05) is 17.7 Å². The topological polar surface area (TPSA) is 49.8 Å². The number of benzene rings is 1. The van der Waals surface area contributed by atoms with Crippen molar-refractivity contribution >= 4 is 5.91 Å². The molecular weight excluding hydrogens is 254 g/mol. The Labute approximate surface area is 119 Å². The van der Waals surface area contributed by atoms with E-state index in [0.717, 1.165) is 31.4 Å². The zero-order valence-corrected chi connectivity index (χ0v) is 11.8. The molecule has 0 saturated carbocycles. The predicted octanol–water partition coefficient (Wildman–Crippen LogP) is 1.75. The Morgan fingerprint density at radius 3 is 2.70 bits per heavy atom. The average molecular weight is 275 g/mol. The van der Waals surface area contributed by atoms with E-state index in [-0.39, 0.29) is 5.91 Å². The van der Waals surface area contributed by atoms with Crippen molar-refractivity contribution in [3.63, 3.8) is 0 Å². The van der Waals surface area contributed by atoms with Crippen molar-refractivity contribution < 1.29 is 14.6 Å². The number of rotatable bonds is 1. The zero-order valence-electron chi connectivity index (χ0n) is 11.8. The summed E-state index contributed by atoms with van der Waals surface area (Å²) in [7, 11) is 0. The van der Waals surface area contributed by atoms with Gasteiger partial charge in [0.1, 0.15) is 6.10 Å². The molecule has 1 spiro atoms. The molecule has 0 radical (unpaired) electrons. The summed E-state index contributed by atoms with van der Waals surface area (Å²) in [6, 6.07) is 7.57. The predicted molar refractivity (Wildman–Crippen MR) is 75.6 cm³/mol. The second kappa shape index (κ2) is 5.19. The second-order valence-corrected chi connectivity index (χ2v) is 5.90. The van der Waals surface area contributed by atoms with Crippen molar-refractivity contribution in [3.05, 3.63) is 35.4 Å². The lowest BCUT2D eigenvalue weighted by molar-refractivity contribution is -0.122. The molecule has 1 aromatic carbocycles. The first-order chi connectivity index (χ1) is 9.61. The molecule has 2 fully saturated rings. The Balaban J connectivity index is 1.70. The molecule has 2 aliphatic rings. The molecule has 1 N–H and O–H groups in total. The number of aliphatic hydroxyl groups excluding tert-OH is 1. The maximum Gasteiger partial charge on any atom is 0.253 e. The third-order valence-corrected chi connectivity index (χ3v) is 4.53. The van der Waals surface area contributed by atoms with Crippen molar-refractivity contribution in [3.8, 4) is 0 Å². The van der Waals surface area contributed by atoms with Crippen molar-refractivity contribution in [2.45, 2.75) is 37.9 Å². The van der Waals surface area contributed by atoms with Crippen molar-refractivity contribution in [1.82, 2.24) is 4.90 Å². The van der Waals surface area contributed by atoms with E-state index < -0.39 is 11.7 Å². The van der Waals surface area contributed by atoms with Crippen LogP contribution in [0.25, 0.3) is 0 Å². The number of β-amino-alcohol motifs (C(OH)–C–C–N with tert-alkyl or cyclic N) is 1. The third kappa shape index (κ3) is 2.34. The van der Waals surface area contributed by atoms with Gasteiger partial charge in [-0.25, -0.2) is 0 Å². The van der Waals surface area contributed by atoms with Crippen molar-refractivity contribution in [2.24, 2.45) is 0 Å². The van der Waals surface area contributed by atoms with E-state index in [9.17, 15) is 9.90 Å². The molecule has 4 heteroatoms. The second-order valence-electron chi connectivity index (χ2n) is 5.90. The Morgan fingerprint density at radius 1 is 1.35 bits per heavy atom. The lowest BCUT2D eigenvalue weighted by atomic mass is 9.86. The van der Waals surface area contributed by atoms with Crippen LogP contribution in [0.3, 0.4) is 0 Å². The van der Waals surface area contributed by atoms with Crippen LogP contribution in [0, 0.1) is 6.92 Å². The lowest BCUT2D eigenvalue weighted by Gasteiger charge is -2.42. The molecule has 2 saturated heterocycles. The summed E-state index contributed by atoms with van der Waals surface area (Å²) in [4.78, 5) is 14.2. The maximum absolute atomic E-state index is 12.4. The molecule has 20 heavy (non-hydrogen) atoms. The highest BCUT2D eigenvalue weighted by molar-refractivity contribution is 5.94. The molecule has 2 heterocycles. The van der Waals surface area contributed by atoms with E-state index in [2.05, 4.69) is 0 Å². The quantitative estimate of drug-likeness (QED) is 0.849. The minimum atomic E-state index is -0.576. The van der Waals surface area contributed by atoms with Crippen LogP contribution in [-0.4, -0.2) is 47.3 Å². The number of nitrogens with zero attached hydrogens (tertiary/aromatic N) is 1. The molecular formula is C16H21NO3.